The summed E-state index contributed by atoms with van der Waals surface area (Å²) in [6.07, 6.45) is 0. The lowest BCUT2D eigenvalue weighted by Gasteiger charge is -2.30. The highest BCUT2D eigenvalue weighted by Gasteiger charge is 2.30. The largest absolute Gasteiger partial charge is 0.337 e. The number of aromatic nitrogens is 2. The molecular formula is C16H20ClN5O2. The minimum Gasteiger partial charge on any atom is -0.337 e. The molecule has 1 aromatic carbocycles. The van der Waals surface area contributed by atoms with Gasteiger partial charge in [0, 0.05) is 31.7 Å². The van der Waals surface area contributed by atoms with Crippen LogP contribution in [0.3, 0.4) is 0 Å². The van der Waals surface area contributed by atoms with Gasteiger partial charge in [0.1, 0.15) is 6.54 Å². The van der Waals surface area contributed by atoms with Gasteiger partial charge in [-0.1, -0.05) is 23.4 Å². The van der Waals surface area contributed by atoms with E-state index in [2.05, 4.69) is 27.4 Å². The number of likely N-dealkylation sites (N-methyl/N-ethyl adjacent to an activating group) is 1. The molecule has 2 aliphatic rings. The zero-order valence-electron chi connectivity index (χ0n) is 13.4. The maximum Gasteiger partial charge on any atom is 0.254 e. The van der Waals surface area contributed by atoms with Crippen LogP contribution in [0.25, 0.3) is 0 Å². The van der Waals surface area contributed by atoms with Crippen LogP contribution in [0.15, 0.2) is 28.8 Å². The summed E-state index contributed by atoms with van der Waals surface area (Å²) in [5.74, 6) is 1.19. The summed E-state index contributed by atoms with van der Waals surface area (Å²) in [7, 11) is 2.06. The van der Waals surface area contributed by atoms with Crippen molar-refractivity contribution in [2.24, 2.45) is 0 Å². The van der Waals surface area contributed by atoms with Crippen LogP contribution in [0, 0.1) is 0 Å². The monoisotopic (exact) mass is 349 g/mol. The number of halogens is 1. The summed E-state index contributed by atoms with van der Waals surface area (Å²) in [5, 5.41) is 7.44. The standard InChI is InChI=1S/C16H19N5O2.ClH/c1-20-7-6-17-8-13(20)15-18-14(23-19-15)10-21-9-11-4-2-3-5-12(11)16(21)22;/h2-5,13,17H,6-10H2,1H3;1H. The van der Waals surface area contributed by atoms with Gasteiger partial charge < -0.3 is 14.7 Å². The number of piperazine rings is 1. The first kappa shape index (κ1) is 16.9. The van der Waals surface area contributed by atoms with Crippen LogP contribution < -0.4 is 5.32 Å². The second-order valence-corrected chi connectivity index (χ2v) is 6.07. The predicted molar refractivity (Wildman–Crippen MR) is 89.8 cm³/mol. The number of benzene rings is 1. The summed E-state index contributed by atoms with van der Waals surface area (Å²) in [6.45, 7) is 3.68. The topological polar surface area (TPSA) is 74.5 Å². The number of rotatable bonds is 3. The van der Waals surface area contributed by atoms with Crippen LogP contribution in [0.2, 0.25) is 0 Å². The van der Waals surface area contributed by atoms with Crippen LogP contribution >= 0.6 is 12.4 Å². The van der Waals surface area contributed by atoms with E-state index in [-0.39, 0.29) is 24.4 Å². The third kappa shape index (κ3) is 3.02. The van der Waals surface area contributed by atoms with Crippen molar-refractivity contribution in [1.82, 2.24) is 25.3 Å². The highest BCUT2D eigenvalue weighted by Crippen LogP contribution is 2.24. The first-order chi connectivity index (χ1) is 11.2. The Labute approximate surface area is 146 Å². The second-order valence-electron chi connectivity index (χ2n) is 6.07. The Kier molecular flexibility index (Phi) is 4.84. The molecule has 1 atom stereocenters. The first-order valence-corrected chi connectivity index (χ1v) is 7.83. The summed E-state index contributed by atoms with van der Waals surface area (Å²) in [5.41, 5.74) is 1.82. The van der Waals surface area contributed by atoms with Crippen LogP contribution in [-0.2, 0) is 13.1 Å². The molecule has 0 spiro atoms. The summed E-state index contributed by atoms with van der Waals surface area (Å²) in [4.78, 5) is 20.8. The van der Waals surface area contributed by atoms with Crippen LogP contribution in [-0.4, -0.2) is 52.5 Å². The fourth-order valence-electron chi connectivity index (χ4n) is 3.17. The average Bonchev–Trinajstić information content (AvgIpc) is 3.14. The SMILES string of the molecule is CN1CCNCC1c1noc(CN2Cc3ccccc3C2=O)n1.Cl. The molecule has 4 rings (SSSR count). The average molecular weight is 350 g/mol. The molecule has 0 radical (unpaired) electrons. The van der Waals surface area contributed by atoms with E-state index < -0.39 is 0 Å². The Morgan fingerprint density at radius 1 is 1.38 bits per heavy atom. The molecule has 128 valence electrons. The van der Waals surface area contributed by atoms with Gasteiger partial charge in [0.15, 0.2) is 5.82 Å². The second kappa shape index (κ2) is 6.88. The molecule has 0 saturated carbocycles. The number of nitrogens with one attached hydrogen (secondary N) is 1. The Balaban J connectivity index is 0.00000169. The van der Waals surface area contributed by atoms with Gasteiger partial charge in [-0.15, -0.1) is 12.4 Å². The Hall–Kier alpha value is -1.96. The molecule has 0 aliphatic carbocycles. The molecule has 1 amide bonds. The van der Waals surface area contributed by atoms with E-state index in [1.54, 1.807) is 4.90 Å². The van der Waals surface area contributed by atoms with Gasteiger partial charge in [0.05, 0.1) is 6.04 Å². The van der Waals surface area contributed by atoms with Crippen molar-refractivity contribution in [3.8, 4) is 0 Å². The van der Waals surface area contributed by atoms with Gasteiger partial charge in [0.2, 0.25) is 5.89 Å². The predicted octanol–water partition coefficient (Wildman–Crippen LogP) is 1.22. The molecule has 0 bridgehead atoms. The number of carbonyl (C=O) groups is 1. The molecule has 1 unspecified atom stereocenters. The van der Waals surface area contributed by atoms with Crippen molar-refractivity contribution in [3.63, 3.8) is 0 Å². The number of nitrogens with zero attached hydrogens (tertiary/aromatic N) is 4. The van der Waals surface area contributed by atoms with Gasteiger partial charge >= 0.3 is 0 Å². The smallest absolute Gasteiger partial charge is 0.254 e. The van der Waals surface area contributed by atoms with E-state index in [1.807, 2.05) is 24.3 Å². The van der Waals surface area contributed by atoms with E-state index in [1.165, 1.54) is 0 Å². The van der Waals surface area contributed by atoms with Gasteiger partial charge in [-0.2, -0.15) is 4.98 Å². The normalized spacial score (nSPS) is 20.8. The fraction of sp³-hybridized carbons (Fsp3) is 0.438. The number of carbonyl (C=O) groups excluding carboxylic acids is 1. The summed E-state index contributed by atoms with van der Waals surface area (Å²) in [6, 6.07) is 7.80. The molecule has 1 saturated heterocycles. The lowest BCUT2D eigenvalue weighted by molar-refractivity contribution is 0.0748. The van der Waals surface area contributed by atoms with Crippen LogP contribution in [0.4, 0.5) is 0 Å². The Morgan fingerprint density at radius 2 is 2.21 bits per heavy atom. The van der Waals surface area contributed by atoms with Crippen molar-refractivity contribution in [1.29, 1.82) is 0 Å². The molecule has 3 heterocycles. The maximum atomic E-state index is 12.4. The number of hydrogen-bond donors (Lipinski definition) is 1. The van der Waals surface area contributed by atoms with Gasteiger partial charge in [0.25, 0.3) is 5.91 Å². The maximum absolute atomic E-state index is 12.4. The van der Waals surface area contributed by atoms with Crippen molar-refractivity contribution >= 4 is 18.3 Å². The van der Waals surface area contributed by atoms with E-state index in [4.69, 9.17) is 4.52 Å². The summed E-state index contributed by atoms with van der Waals surface area (Å²) >= 11 is 0. The molecule has 2 aliphatic heterocycles. The summed E-state index contributed by atoms with van der Waals surface area (Å²) < 4.78 is 5.37. The lowest BCUT2D eigenvalue weighted by Crippen LogP contribution is -2.44. The Bertz CT molecular complexity index is 735. The van der Waals surface area contributed by atoms with E-state index in [0.29, 0.717) is 24.8 Å². The van der Waals surface area contributed by atoms with Crippen molar-refractivity contribution in [2.75, 3.05) is 26.7 Å². The molecule has 24 heavy (non-hydrogen) atoms. The number of amides is 1. The zero-order chi connectivity index (χ0) is 15.8. The number of fused-ring (bicyclic) bond motifs is 1. The van der Waals surface area contributed by atoms with Crippen molar-refractivity contribution < 1.29 is 9.32 Å². The van der Waals surface area contributed by atoms with E-state index >= 15 is 0 Å². The van der Waals surface area contributed by atoms with Crippen LogP contribution in [0.5, 0.6) is 0 Å². The molecule has 7 nitrogen and oxygen atoms in total. The molecular weight excluding hydrogens is 330 g/mol. The lowest BCUT2D eigenvalue weighted by atomic mass is 10.1. The first-order valence-electron chi connectivity index (χ1n) is 7.83. The van der Waals surface area contributed by atoms with Crippen LogP contribution in [0.1, 0.15) is 33.7 Å². The molecule has 1 aromatic heterocycles. The van der Waals surface area contributed by atoms with Crippen molar-refractivity contribution in [2.45, 2.75) is 19.1 Å². The fourth-order valence-corrected chi connectivity index (χ4v) is 3.17. The van der Waals surface area contributed by atoms with E-state index in [0.717, 1.165) is 30.8 Å². The zero-order valence-corrected chi connectivity index (χ0v) is 14.3. The highest BCUT2D eigenvalue weighted by atomic mass is 35.5. The highest BCUT2D eigenvalue weighted by molar-refractivity contribution is 5.98. The third-order valence-electron chi connectivity index (χ3n) is 4.52. The Morgan fingerprint density at radius 3 is 3.00 bits per heavy atom. The third-order valence-corrected chi connectivity index (χ3v) is 4.52. The van der Waals surface area contributed by atoms with Gasteiger partial charge in [-0.05, 0) is 18.7 Å². The van der Waals surface area contributed by atoms with Gasteiger partial charge in [-0.3, -0.25) is 9.69 Å². The molecule has 2 aromatic rings. The number of hydrogen-bond acceptors (Lipinski definition) is 6. The van der Waals surface area contributed by atoms with Crippen molar-refractivity contribution in [3.05, 3.63) is 47.1 Å². The van der Waals surface area contributed by atoms with E-state index in [9.17, 15) is 4.79 Å². The van der Waals surface area contributed by atoms with Gasteiger partial charge in [-0.25, -0.2) is 0 Å². The minimum absolute atomic E-state index is 0. The quantitative estimate of drug-likeness (QED) is 0.898. The molecule has 1 N–H and O–H groups in total. The minimum atomic E-state index is 0. The molecule has 8 heteroatoms. The molecule has 1 fully saturated rings.